The summed E-state index contributed by atoms with van der Waals surface area (Å²) in [6, 6.07) is 8.45. The zero-order valence-electron chi connectivity index (χ0n) is 9.27. The van der Waals surface area contributed by atoms with Gasteiger partial charge in [-0.1, -0.05) is 29.8 Å². The number of hydrogen-bond donors (Lipinski definition) is 3. The number of hydrogen-bond acceptors (Lipinski definition) is 3. The molecule has 0 saturated heterocycles. The van der Waals surface area contributed by atoms with Crippen LogP contribution in [0.25, 0.3) is 0 Å². The lowest BCUT2D eigenvalue weighted by molar-refractivity contribution is 0.0924. The smallest absolute Gasteiger partial charge is 0.0895 e. The third kappa shape index (κ3) is 4.00. The molecule has 3 N–H and O–H groups in total. The third-order valence-corrected chi connectivity index (χ3v) is 2.45. The molecule has 3 nitrogen and oxygen atoms in total. The summed E-state index contributed by atoms with van der Waals surface area (Å²) in [6.07, 6.45) is -0.683. The van der Waals surface area contributed by atoms with Gasteiger partial charge in [0, 0.05) is 12.6 Å². The Hall–Kier alpha value is -0.900. The van der Waals surface area contributed by atoms with Gasteiger partial charge in [0.1, 0.15) is 0 Å². The van der Waals surface area contributed by atoms with Crippen molar-refractivity contribution in [3.63, 3.8) is 0 Å². The normalized spacial score (nSPS) is 14.9. The Kier molecular flexibility index (Phi) is 4.75. The molecule has 2 atom stereocenters. The van der Waals surface area contributed by atoms with Crippen molar-refractivity contribution in [1.29, 1.82) is 0 Å². The molecule has 0 aliphatic rings. The van der Waals surface area contributed by atoms with E-state index in [1.807, 2.05) is 6.92 Å². The molecule has 0 aliphatic carbocycles. The van der Waals surface area contributed by atoms with Crippen molar-refractivity contribution in [3.05, 3.63) is 35.4 Å². The van der Waals surface area contributed by atoms with E-state index in [1.165, 1.54) is 11.1 Å². The van der Waals surface area contributed by atoms with Crippen LogP contribution in [-0.4, -0.2) is 29.5 Å². The summed E-state index contributed by atoms with van der Waals surface area (Å²) in [5.41, 5.74) is 2.42. The number of aliphatic hydroxyl groups excluding tert-OH is 2. The van der Waals surface area contributed by atoms with Crippen molar-refractivity contribution < 1.29 is 10.2 Å². The molecule has 15 heavy (non-hydrogen) atoms. The van der Waals surface area contributed by atoms with E-state index < -0.39 is 6.10 Å². The van der Waals surface area contributed by atoms with Crippen LogP contribution in [0.4, 0.5) is 0 Å². The number of aryl methyl sites for hydroxylation is 1. The lowest BCUT2D eigenvalue weighted by Gasteiger charge is -2.16. The number of rotatable bonds is 5. The predicted octanol–water partition coefficient (Wildman–Crippen LogP) is 0.999. The van der Waals surface area contributed by atoms with Crippen LogP contribution in [0.5, 0.6) is 0 Å². The van der Waals surface area contributed by atoms with Gasteiger partial charge in [0.15, 0.2) is 0 Å². The molecule has 84 valence electrons. The fourth-order valence-corrected chi connectivity index (χ4v) is 1.35. The summed E-state index contributed by atoms with van der Waals surface area (Å²) >= 11 is 0. The van der Waals surface area contributed by atoms with Gasteiger partial charge in [-0.05, 0) is 19.4 Å². The number of aliphatic hydroxyl groups is 2. The molecule has 1 unspecified atom stereocenters. The molecule has 0 heterocycles. The van der Waals surface area contributed by atoms with E-state index in [4.69, 9.17) is 5.11 Å². The summed E-state index contributed by atoms with van der Waals surface area (Å²) in [6.45, 7) is 4.30. The van der Waals surface area contributed by atoms with Crippen molar-refractivity contribution in [3.8, 4) is 0 Å². The lowest BCUT2D eigenvalue weighted by Crippen LogP contribution is -2.31. The highest BCUT2D eigenvalue weighted by Crippen LogP contribution is 2.12. The second-order valence-corrected chi connectivity index (χ2v) is 3.88. The topological polar surface area (TPSA) is 52.5 Å². The molecule has 1 aromatic rings. The molecule has 0 aromatic heterocycles. The van der Waals surface area contributed by atoms with Gasteiger partial charge in [0.05, 0.1) is 12.7 Å². The number of nitrogens with one attached hydrogen (secondary N) is 1. The Labute approximate surface area is 90.8 Å². The fraction of sp³-hybridized carbons (Fsp3) is 0.500. The monoisotopic (exact) mass is 209 g/mol. The summed E-state index contributed by atoms with van der Waals surface area (Å²) in [7, 11) is 0. The Bertz CT molecular complexity index is 284. The van der Waals surface area contributed by atoms with E-state index in [-0.39, 0.29) is 12.6 Å². The zero-order chi connectivity index (χ0) is 11.3. The first-order valence-corrected chi connectivity index (χ1v) is 5.22. The van der Waals surface area contributed by atoms with Crippen LogP contribution in [0.2, 0.25) is 0 Å². The molecular weight excluding hydrogens is 190 g/mol. The maximum atomic E-state index is 9.19. The summed E-state index contributed by atoms with van der Waals surface area (Å²) < 4.78 is 0. The second-order valence-electron chi connectivity index (χ2n) is 3.88. The van der Waals surface area contributed by atoms with Crippen molar-refractivity contribution in [2.45, 2.75) is 26.0 Å². The van der Waals surface area contributed by atoms with Gasteiger partial charge < -0.3 is 15.5 Å². The first-order chi connectivity index (χ1) is 7.13. The molecule has 3 heteroatoms. The van der Waals surface area contributed by atoms with E-state index in [1.54, 1.807) is 0 Å². The Balaban J connectivity index is 2.46. The minimum atomic E-state index is -0.683. The van der Waals surface area contributed by atoms with Crippen molar-refractivity contribution in [2.75, 3.05) is 13.2 Å². The van der Waals surface area contributed by atoms with E-state index in [9.17, 15) is 5.11 Å². The van der Waals surface area contributed by atoms with E-state index in [0.717, 1.165) is 0 Å². The van der Waals surface area contributed by atoms with Crippen LogP contribution in [0.1, 0.15) is 24.1 Å². The van der Waals surface area contributed by atoms with Crippen LogP contribution in [0, 0.1) is 6.92 Å². The van der Waals surface area contributed by atoms with Gasteiger partial charge in [-0.3, -0.25) is 0 Å². The molecule has 0 amide bonds. The van der Waals surface area contributed by atoms with Crippen molar-refractivity contribution in [2.24, 2.45) is 0 Å². The van der Waals surface area contributed by atoms with Gasteiger partial charge in [-0.15, -0.1) is 0 Å². The van der Waals surface area contributed by atoms with Crippen LogP contribution < -0.4 is 5.32 Å². The van der Waals surface area contributed by atoms with Crippen LogP contribution >= 0.6 is 0 Å². The first kappa shape index (κ1) is 12.2. The van der Waals surface area contributed by atoms with Crippen molar-refractivity contribution >= 4 is 0 Å². The van der Waals surface area contributed by atoms with Gasteiger partial charge >= 0.3 is 0 Å². The Morgan fingerprint density at radius 3 is 2.40 bits per heavy atom. The maximum Gasteiger partial charge on any atom is 0.0895 e. The molecule has 1 aromatic carbocycles. The average molecular weight is 209 g/mol. The fourth-order valence-electron chi connectivity index (χ4n) is 1.35. The molecule has 1 rings (SSSR count). The number of benzene rings is 1. The first-order valence-electron chi connectivity index (χ1n) is 5.22. The SMILES string of the molecule is Cc1ccc(C(C)NC[C@H](O)CO)cc1. The molecule has 0 fully saturated rings. The molecule has 0 saturated carbocycles. The summed E-state index contributed by atoms with van der Waals surface area (Å²) in [5.74, 6) is 0. The lowest BCUT2D eigenvalue weighted by atomic mass is 10.1. The highest BCUT2D eigenvalue weighted by molar-refractivity contribution is 5.23. The Morgan fingerprint density at radius 2 is 1.87 bits per heavy atom. The molecule has 0 bridgehead atoms. The summed E-state index contributed by atoms with van der Waals surface area (Å²) in [5, 5.41) is 21.0. The summed E-state index contributed by atoms with van der Waals surface area (Å²) in [4.78, 5) is 0. The van der Waals surface area contributed by atoms with Crippen LogP contribution in [0.3, 0.4) is 0 Å². The third-order valence-electron chi connectivity index (χ3n) is 2.45. The largest absolute Gasteiger partial charge is 0.394 e. The predicted molar refractivity (Wildman–Crippen MR) is 60.7 cm³/mol. The van der Waals surface area contributed by atoms with Gasteiger partial charge in [0.25, 0.3) is 0 Å². The van der Waals surface area contributed by atoms with Gasteiger partial charge in [-0.25, -0.2) is 0 Å². The van der Waals surface area contributed by atoms with Gasteiger partial charge in [-0.2, -0.15) is 0 Å². The maximum absolute atomic E-state index is 9.19. The van der Waals surface area contributed by atoms with E-state index >= 15 is 0 Å². The average Bonchev–Trinajstić information content (AvgIpc) is 2.26. The minimum absolute atomic E-state index is 0.187. The van der Waals surface area contributed by atoms with E-state index in [0.29, 0.717) is 6.54 Å². The highest BCUT2D eigenvalue weighted by Gasteiger charge is 2.07. The van der Waals surface area contributed by atoms with Gasteiger partial charge in [0.2, 0.25) is 0 Å². The quantitative estimate of drug-likeness (QED) is 0.678. The highest BCUT2D eigenvalue weighted by atomic mass is 16.3. The Morgan fingerprint density at radius 1 is 1.27 bits per heavy atom. The van der Waals surface area contributed by atoms with Crippen molar-refractivity contribution in [1.82, 2.24) is 5.32 Å². The van der Waals surface area contributed by atoms with Crippen LogP contribution in [-0.2, 0) is 0 Å². The molecule has 0 aliphatic heterocycles. The minimum Gasteiger partial charge on any atom is -0.394 e. The standard InChI is InChI=1S/C12H19NO2/c1-9-3-5-11(6-4-9)10(2)13-7-12(15)8-14/h3-6,10,12-15H,7-8H2,1-2H3/t10?,12-/m0/s1. The van der Waals surface area contributed by atoms with E-state index in [2.05, 4.69) is 36.5 Å². The zero-order valence-corrected chi connectivity index (χ0v) is 9.27. The van der Waals surface area contributed by atoms with Crippen LogP contribution in [0.15, 0.2) is 24.3 Å². The second kappa shape index (κ2) is 5.85. The molecular formula is C12H19NO2. The molecule has 0 radical (unpaired) electrons. The molecule has 0 spiro atoms.